The first-order valence-electron chi connectivity index (χ1n) is 18.7. The molecule has 290 valence electrons. The predicted molar refractivity (Wildman–Crippen MR) is 203 cm³/mol. The van der Waals surface area contributed by atoms with E-state index in [1.165, 1.54) is 0 Å². The predicted octanol–water partition coefficient (Wildman–Crippen LogP) is 3.57. The van der Waals surface area contributed by atoms with E-state index in [-0.39, 0.29) is 59.9 Å². The number of nitrogens with zero attached hydrogens (tertiary/aromatic N) is 3. The van der Waals surface area contributed by atoms with Crippen molar-refractivity contribution in [1.82, 2.24) is 25.3 Å². The van der Waals surface area contributed by atoms with Crippen LogP contribution in [0.25, 0.3) is 0 Å². The minimum Gasteiger partial charge on any atom is -0.399 e. The van der Waals surface area contributed by atoms with Crippen LogP contribution in [0.3, 0.4) is 0 Å². The van der Waals surface area contributed by atoms with Crippen LogP contribution in [0.1, 0.15) is 79.7 Å². The van der Waals surface area contributed by atoms with E-state index in [4.69, 9.17) is 15.2 Å². The molecule has 0 radical (unpaired) electrons. The van der Waals surface area contributed by atoms with E-state index in [1.807, 2.05) is 82.8 Å². The van der Waals surface area contributed by atoms with Gasteiger partial charge in [0.15, 0.2) is 0 Å². The fraction of sp³-hybridized carbons (Fsp3) is 0.744. The van der Waals surface area contributed by atoms with Crippen molar-refractivity contribution in [3.05, 3.63) is 29.8 Å². The standard InChI is InChI=1S/C39H68N6O6/c1-13-26(6)35(44(10)39(49)33(24(2)3)42-38(48)34(25(4)5)43(8)9)31(50-11)23-32(46)45-22-14-15-30(45)36(51-12)27(7)37(47)41-21-20-28-16-18-29(40)19-17-28/h16-19,24-27,30-31,33-36H,13-15,20-23,40H2,1-12H3,(H,41,47)(H,42,48)/t26-,27+,30-,31+,33-,34-,35?,36+/m0/s1. The van der Waals surface area contributed by atoms with Gasteiger partial charge in [-0.3, -0.25) is 24.1 Å². The Hall–Kier alpha value is -3.22. The molecule has 0 spiro atoms. The Labute approximate surface area is 307 Å². The molecule has 0 aliphatic carbocycles. The number of benzene rings is 1. The average Bonchev–Trinajstić information content (AvgIpc) is 3.56. The Bertz CT molecular complexity index is 1250. The second-order valence-corrected chi connectivity index (χ2v) is 15.3. The molecule has 12 nitrogen and oxygen atoms in total. The minimum atomic E-state index is -0.743. The number of likely N-dealkylation sites (tertiary alicyclic amines) is 1. The van der Waals surface area contributed by atoms with Crippen molar-refractivity contribution in [2.45, 2.75) is 117 Å². The van der Waals surface area contributed by atoms with Crippen LogP contribution in [-0.2, 0) is 35.1 Å². The van der Waals surface area contributed by atoms with Crippen LogP contribution in [0, 0.1) is 23.7 Å². The van der Waals surface area contributed by atoms with E-state index in [1.54, 1.807) is 26.2 Å². The third kappa shape index (κ3) is 11.9. The quantitative estimate of drug-likeness (QED) is 0.174. The molecule has 0 saturated carbocycles. The van der Waals surface area contributed by atoms with E-state index in [0.29, 0.717) is 25.2 Å². The van der Waals surface area contributed by atoms with Crippen LogP contribution < -0.4 is 16.4 Å². The van der Waals surface area contributed by atoms with Gasteiger partial charge in [-0.25, -0.2) is 0 Å². The van der Waals surface area contributed by atoms with E-state index in [0.717, 1.165) is 24.8 Å². The molecule has 4 amide bonds. The zero-order chi connectivity index (χ0) is 38.6. The van der Waals surface area contributed by atoms with Crippen LogP contribution in [0.4, 0.5) is 5.69 Å². The normalized spacial score (nSPS) is 19.0. The summed E-state index contributed by atoms with van der Waals surface area (Å²) in [5, 5.41) is 6.07. The number of carbonyl (C=O) groups is 4. The van der Waals surface area contributed by atoms with Gasteiger partial charge >= 0.3 is 0 Å². The van der Waals surface area contributed by atoms with Crippen molar-refractivity contribution in [1.29, 1.82) is 0 Å². The highest BCUT2D eigenvalue weighted by molar-refractivity contribution is 5.90. The van der Waals surface area contributed by atoms with E-state index < -0.39 is 30.2 Å². The Kier molecular flexibility index (Phi) is 17.9. The van der Waals surface area contributed by atoms with Gasteiger partial charge in [-0.2, -0.15) is 0 Å². The van der Waals surface area contributed by atoms with Crippen molar-refractivity contribution in [2.75, 3.05) is 54.2 Å². The molecule has 2 rings (SSSR count). The smallest absolute Gasteiger partial charge is 0.245 e. The molecule has 1 aliphatic heterocycles. The van der Waals surface area contributed by atoms with Crippen LogP contribution in [0.15, 0.2) is 24.3 Å². The Morgan fingerprint density at radius 2 is 1.57 bits per heavy atom. The summed E-state index contributed by atoms with van der Waals surface area (Å²) >= 11 is 0. The monoisotopic (exact) mass is 717 g/mol. The largest absolute Gasteiger partial charge is 0.399 e. The highest BCUT2D eigenvalue weighted by Crippen LogP contribution is 2.29. The zero-order valence-corrected chi connectivity index (χ0v) is 33.4. The lowest BCUT2D eigenvalue weighted by Gasteiger charge is -2.41. The number of nitrogens with two attached hydrogens (primary N) is 1. The highest BCUT2D eigenvalue weighted by Gasteiger charge is 2.43. The third-order valence-corrected chi connectivity index (χ3v) is 10.6. The molecule has 1 aliphatic rings. The molecule has 1 aromatic rings. The number of nitrogens with one attached hydrogen (secondary N) is 2. The maximum Gasteiger partial charge on any atom is 0.245 e. The number of likely N-dealkylation sites (N-methyl/N-ethyl adjacent to an activating group) is 2. The number of amides is 4. The van der Waals surface area contributed by atoms with Gasteiger partial charge in [0.05, 0.1) is 42.7 Å². The maximum absolute atomic E-state index is 14.2. The van der Waals surface area contributed by atoms with Gasteiger partial charge in [0, 0.05) is 40.0 Å². The van der Waals surface area contributed by atoms with Gasteiger partial charge < -0.3 is 35.6 Å². The molecular weight excluding hydrogens is 648 g/mol. The molecule has 1 unspecified atom stereocenters. The van der Waals surface area contributed by atoms with Crippen molar-refractivity contribution in [3.8, 4) is 0 Å². The summed E-state index contributed by atoms with van der Waals surface area (Å²) in [6.45, 7) is 14.8. The summed E-state index contributed by atoms with van der Waals surface area (Å²) in [4.78, 5) is 60.3. The zero-order valence-electron chi connectivity index (χ0n) is 33.4. The van der Waals surface area contributed by atoms with E-state index in [2.05, 4.69) is 24.5 Å². The SMILES string of the molecule is CC[C@H](C)C([C@@H](CC(=O)N1CCC[C@H]1[C@H](OC)[C@@H](C)C(=O)NCCc1ccc(N)cc1)OC)N(C)C(=O)[C@@H](NC(=O)[C@H](C(C)C)N(C)C)C(C)C. The molecule has 0 bridgehead atoms. The van der Waals surface area contributed by atoms with E-state index >= 15 is 0 Å². The van der Waals surface area contributed by atoms with Crippen molar-refractivity contribution < 1.29 is 28.7 Å². The van der Waals surface area contributed by atoms with Gasteiger partial charge in [0.2, 0.25) is 23.6 Å². The molecule has 1 saturated heterocycles. The van der Waals surface area contributed by atoms with Crippen molar-refractivity contribution in [2.24, 2.45) is 23.7 Å². The fourth-order valence-electron chi connectivity index (χ4n) is 7.59. The maximum atomic E-state index is 14.2. The van der Waals surface area contributed by atoms with Crippen LogP contribution in [0.2, 0.25) is 0 Å². The highest BCUT2D eigenvalue weighted by atomic mass is 16.5. The molecular formula is C39H68N6O6. The topological polar surface area (TPSA) is 147 Å². The second-order valence-electron chi connectivity index (χ2n) is 15.3. The van der Waals surface area contributed by atoms with E-state index in [9.17, 15) is 19.2 Å². The summed E-state index contributed by atoms with van der Waals surface area (Å²) in [7, 11) is 8.64. The average molecular weight is 717 g/mol. The fourth-order valence-corrected chi connectivity index (χ4v) is 7.59. The number of rotatable bonds is 20. The molecule has 1 aromatic carbocycles. The van der Waals surface area contributed by atoms with Gasteiger partial charge in [-0.1, -0.05) is 67.0 Å². The van der Waals surface area contributed by atoms with Crippen LogP contribution in [0.5, 0.6) is 0 Å². The number of hydrogen-bond acceptors (Lipinski definition) is 8. The molecule has 4 N–H and O–H groups in total. The summed E-state index contributed by atoms with van der Waals surface area (Å²) in [5.41, 5.74) is 7.57. The van der Waals surface area contributed by atoms with Gasteiger partial charge in [-0.05, 0) is 68.8 Å². The summed E-state index contributed by atoms with van der Waals surface area (Å²) in [6, 6.07) is 5.77. The molecule has 8 atom stereocenters. The minimum absolute atomic E-state index is 0.00320. The van der Waals surface area contributed by atoms with Crippen molar-refractivity contribution >= 4 is 29.3 Å². The number of carbonyl (C=O) groups excluding carboxylic acids is 4. The first-order valence-corrected chi connectivity index (χ1v) is 18.7. The number of methoxy groups -OCH3 is 2. The second kappa shape index (κ2) is 20.7. The lowest BCUT2D eigenvalue weighted by Crippen LogP contribution is -2.59. The number of hydrogen-bond donors (Lipinski definition) is 3. The lowest BCUT2D eigenvalue weighted by molar-refractivity contribution is -0.148. The molecule has 51 heavy (non-hydrogen) atoms. The number of ether oxygens (including phenoxy) is 2. The lowest BCUT2D eigenvalue weighted by atomic mass is 9.89. The number of anilines is 1. The number of nitrogen functional groups attached to an aromatic ring is 1. The first kappa shape index (κ1) is 43.9. The van der Waals surface area contributed by atoms with Crippen LogP contribution >= 0.6 is 0 Å². The summed E-state index contributed by atoms with van der Waals surface area (Å²) < 4.78 is 11.9. The summed E-state index contributed by atoms with van der Waals surface area (Å²) in [5.74, 6) is -1.21. The summed E-state index contributed by atoms with van der Waals surface area (Å²) in [6.07, 6.45) is 1.93. The molecule has 0 aromatic heterocycles. The third-order valence-electron chi connectivity index (χ3n) is 10.6. The Balaban J connectivity index is 2.21. The van der Waals surface area contributed by atoms with Gasteiger partial charge in [0.25, 0.3) is 0 Å². The van der Waals surface area contributed by atoms with Gasteiger partial charge in [-0.15, -0.1) is 0 Å². The molecule has 1 heterocycles. The van der Waals surface area contributed by atoms with Crippen LogP contribution in [-0.4, -0.2) is 123 Å². The Morgan fingerprint density at radius 3 is 2.08 bits per heavy atom. The van der Waals surface area contributed by atoms with Crippen molar-refractivity contribution in [3.63, 3.8) is 0 Å². The van der Waals surface area contributed by atoms with Gasteiger partial charge in [0.1, 0.15) is 6.04 Å². The Morgan fingerprint density at radius 1 is 0.941 bits per heavy atom. The molecule has 12 heteroatoms. The first-order chi connectivity index (χ1) is 24.0. The molecule has 1 fully saturated rings.